The maximum absolute atomic E-state index is 3.83. The zero-order valence-electron chi connectivity index (χ0n) is 14.1. The summed E-state index contributed by atoms with van der Waals surface area (Å²) in [5.41, 5.74) is 0.493. The average molecular weight is 336 g/mol. The maximum atomic E-state index is 3.83. The van der Waals surface area contributed by atoms with Gasteiger partial charge in [0, 0.05) is 28.6 Å². The lowest BCUT2D eigenvalue weighted by Gasteiger charge is -2.45. The van der Waals surface area contributed by atoms with Gasteiger partial charge in [-0.3, -0.25) is 0 Å². The summed E-state index contributed by atoms with van der Waals surface area (Å²) in [6, 6.07) is 9.55. The molecule has 1 unspecified atom stereocenters. The highest BCUT2D eigenvalue weighted by atomic mass is 32.1. The molecule has 2 aromatic rings. The lowest BCUT2D eigenvalue weighted by Crippen LogP contribution is -2.46. The fourth-order valence-electron chi connectivity index (χ4n) is 3.62. The van der Waals surface area contributed by atoms with E-state index >= 15 is 0 Å². The van der Waals surface area contributed by atoms with Gasteiger partial charge in [-0.25, -0.2) is 0 Å². The van der Waals surface area contributed by atoms with E-state index in [2.05, 4.69) is 62.7 Å². The van der Waals surface area contributed by atoms with Gasteiger partial charge in [0.05, 0.1) is 0 Å². The molecule has 3 heteroatoms. The molecule has 3 atom stereocenters. The van der Waals surface area contributed by atoms with Gasteiger partial charge in [0.15, 0.2) is 0 Å². The molecule has 1 fully saturated rings. The Hall–Kier alpha value is -0.640. The fourth-order valence-corrected chi connectivity index (χ4v) is 5.42. The Bertz CT molecular complexity index is 603. The molecule has 22 heavy (non-hydrogen) atoms. The number of hydrogen-bond donors (Lipinski definition) is 1. The molecule has 0 bridgehead atoms. The quantitative estimate of drug-likeness (QED) is 0.694. The average Bonchev–Trinajstić information content (AvgIpc) is 3.15. The zero-order chi connectivity index (χ0) is 15.7. The van der Waals surface area contributed by atoms with Gasteiger partial charge in [-0.05, 0) is 53.7 Å². The van der Waals surface area contributed by atoms with E-state index in [1.165, 1.54) is 27.5 Å². The maximum Gasteiger partial charge on any atom is 0.0445 e. The van der Waals surface area contributed by atoms with Crippen LogP contribution >= 0.6 is 22.7 Å². The topological polar surface area (TPSA) is 12.0 Å². The molecule has 0 spiro atoms. The van der Waals surface area contributed by atoms with Crippen LogP contribution in [0.15, 0.2) is 29.6 Å². The molecule has 3 rings (SSSR count). The van der Waals surface area contributed by atoms with Gasteiger partial charge in [0.1, 0.15) is 0 Å². The molecule has 1 saturated carbocycles. The summed E-state index contributed by atoms with van der Waals surface area (Å²) in [6.45, 7) is 10.7. The van der Waals surface area contributed by atoms with Gasteiger partial charge in [0.2, 0.25) is 0 Å². The molecule has 1 N–H and O–H groups in total. The van der Waals surface area contributed by atoms with Crippen molar-refractivity contribution in [2.45, 2.75) is 53.1 Å². The van der Waals surface area contributed by atoms with Gasteiger partial charge in [-0.1, -0.05) is 33.8 Å². The monoisotopic (exact) mass is 335 g/mol. The van der Waals surface area contributed by atoms with Crippen molar-refractivity contribution < 1.29 is 1.43 Å². The number of nitrogens with one attached hydrogen (secondary N) is 1. The second-order valence-corrected chi connectivity index (χ2v) is 9.52. The van der Waals surface area contributed by atoms with Crippen LogP contribution in [0.1, 0.15) is 46.8 Å². The second-order valence-electron chi connectivity index (χ2n) is 7.41. The van der Waals surface area contributed by atoms with Crippen LogP contribution in [0.4, 0.5) is 0 Å². The molecule has 122 valence electrons. The molecule has 1 aliphatic carbocycles. The molecular weight excluding hydrogens is 306 g/mol. The van der Waals surface area contributed by atoms with Crippen molar-refractivity contribution in [1.29, 1.82) is 0 Å². The predicted molar refractivity (Wildman–Crippen MR) is 102 cm³/mol. The van der Waals surface area contributed by atoms with Crippen molar-refractivity contribution in [2.75, 3.05) is 0 Å². The Morgan fingerprint density at radius 1 is 1.23 bits per heavy atom. The molecule has 0 saturated heterocycles. The Labute approximate surface area is 144 Å². The molecule has 0 aliphatic heterocycles. The van der Waals surface area contributed by atoms with Crippen molar-refractivity contribution >= 4 is 22.7 Å². The van der Waals surface area contributed by atoms with Crippen molar-refractivity contribution in [3.05, 3.63) is 34.5 Å². The minimum absolute atomic E-state index is 0. The van der Waals surface area contributed by atoms with Crippen LogP contribution in [0.5, 0.6) is 0 Å². The number of thiophene rings is 2. The summed E-state index contributed by atoms with van der Waals surface area (Å²) in [4.78, 5) is 4.24. The SMILES string of the molecule is CC1[C@@H](C)[C@H](NCc2ccc(-c3cccs3)s2)CCC1(C)C.[HH]. The van der Waals surface area contributed by atoms with Crippen LogP contribution < -0.4 is 5.32 Å². The highest BCUT2D eigenvalue weighted by Gasteiger charge is 2.38. The molecule has 0 radical (unpaired) electrons. The smallest absolute Gasteiger partial charge is 0.0445 e. The van der Waals surface area contributed by atoms with E-state index in [9.17, 15) is 0 Å². The van der Waals surface area contributed by atoms with Crippen LogP contribution in [0.2, 0.25) is 0 Å². The van der Waals surface area contributed by atoms with E-state index in [4.69, 9.17) is 0 Å². The Morgan fingerprint density at radius 3 is 2.77 bits per heavy atom. The van der Waals surface area contributed by atoms with Crippen molar-refractivity contribution in [1.82, 2.24) is 5.32 Å². The first-order valence-electron chi connectivity index (χ1n) is 8.33. The summed E-state index contributed by atoms with van der Waals surface area (Å²) >= 11 is 3.75. The third-order valence-corrected chi connectivity index (χ3v) is 7.87. The van der Waals surface area contributed by atoms with E-state index < -0.39 is 0 Å². The second kappa shape index (κ2) is 6.46. The standard InChI is InChI=1S/C19H27NS2.H2/c1-13-14(2)19(3,4)10-9-16(13)20-12-15-7-8-18(22-15)17-6-5-11-21-17;/h5-8,11,13-14,16,20H,9-10,12H2,1-4H3;1H/t13-,14?,16-;/m1./s1. The Kier molecular flexibility index (Phi) is 4.77. The van der Waals surface area contributed by atoms with Crippen LogP contribution in [0.3, 0.4) is 0 Å². The van der Waals surface area contributed by atoms with Crippen molar-refractivity contribution in [2.24, 2.45) is 17.3 Å². The molecular formula is C19H29NS2. The number of hydrogen-bond acceptors (Lipinski definition) is 3. The van der Waals surface area contributed by atoms with Gasteiger partial charge in [-0.15, -0.1) is 22.7 Å². The number of rotatable bonds is 4. The third kappa shape index (κ3) is 3.32. The van der Waals surface area contributed by atoms with Gasteiger partial charge in [0.25, 0.3) is 0 Å². The van der Waals surface area contributed by atoms with Crippen LogP contribution in [-0.4, -0.2) is 6.04 Å². The summed E-state index contributed by atoms with van der Waals surface area (Å²) in [7, 11) is 0. The lowest BCUT2D eigenvalue weighted by molar-refractivity contribution is 0.0685. The van der Waals surface area contributed by atoms with E-state index in [1.54, 1.807) is 0 Å². The van der Waals surface area contributed by atoms with Crippen LogP contribution in [-0.2, 0) is 6.54 Å². The first-order valence-corrected chi connectivity index (χ1v) is 10.0. The summed E-state index contributed by atoms with van der Waals surface area (Å²) in [5, 5.41) is 5.98. The lowest BCUT2D eigenvalue weighted by atomic mass is 9.63. The molecule has 2 heterocycles. The minimum atomic E-state index is 0. The summed E-state index contributed by atoms with van der Waals surface area (Å²) < 4.78 is 0. The molecule has 0 amide bonds. The Balaban J connectivity index is 0.00000192. The fraction of sp³-hybridized carbons (Fsp3) is 0.579. The summed E-state index contributed by atoms with van der Waals surface area (Å²) in [6.07, 6.45) is 2.64. The normalized spacial score (nSPS) is 27.9. The molecule has 1 aliphatic rings. The molecule has 1 nitrogen and oxygen atoms in total. The van der Waals surface area contributed by atoms with E-state index in [0.717, 1.165) is 18.4 Å². The van der Waals surface area contributed by atoms with E-state index in [1.807, 2.05) is 22.7 Å². The molecule has 0 aromatic carbocycles. The van der Waals surface area contributed by atoms with Gasteiger partial charge < -0.3 is 5.32 Å². The third-order valence-electron chi connectivity index (χ3n) is 5.72. The predicted octanol–water partition coefficient (Wildman–Crippen LogP) is 6.27. The Morgan fingerprint density at radius 2 is 2.05 bits per heavy atom. The van der Waals surface area contributed by atoms with Gasteiger partial charge >= 0.3 is 0 Å². The van der Waals surface area contributed by atoms with Crippen molar-refractivity contribution in [3.63, 3.8) is 0 Å². The first-order chi connectivity index (χ1) is 10.5. The zero-order valence-corrected chi connectivity index (χ0v) is 15.7. The summed E-state index contributed by atoms with van der Waals surface area (Å²) in [5.74, 6) is 1.53. The minimum Gasteiger partial charge on any atom is -0.309 e. The highest BCUT2D eigenvalue weighted by Crippen LogP contribution is 2.43. The van der Waals surface area contributed by atoms with Crippen molar-refractivity contribution in [3.8, 4) is 9.75 Å². The first kappa shape index (κ1) is 16.2. The van der Waals surface area contributed by atoms with E-state index in [-0.39, 0.29) is 1.43 Å². The van der Waals surface area contributed by atoms with Crippen LogP contribution in [0.25, 0.3) is 9.75 Å². The molecule has 2 aromatic heterocycles. The van der Waals surface area contributed by atoms with E-state index in [0.29, 0.717) is 11.5 Å². The largest absolute Gasteiger partial charge is 0.309 e. The highest BCUT2D eigenvalue weighted by molar-refractivity contribution is 7.21. The van der Waals surface area contributed by atoms with Gasteiger partial charge in [-0.2, -0.15) is 0 Å². The van der Waals surface area contributed by atoms with Crippen LogP contribution in [0, 0.1) is 17.3 Å².